The predicted molar refractivity (Wildman–Crippen MR) is 47.6 cm³/mol. The van der Waals surface area contributed by atoms with Crippen LogP contribution in [-0.4, -0.2) is 26.3 Å². The molecular weight excluding hydrogens is 184 g/mol. The second-order valence-corrected chi connectivity index (χ2v) is 2.71. The van der Waals surface area contributed by atoms with Crippen molar-refractivity contribution in [2.45, 2.75) is 18.6 Å². The third-order valence-corrected chi connectivity index (χ3v) is 1.66. The Bertz CT molecular complexity index is 349. The van der Waals surface area contributed by atoms with Gasteiger partial charge in [-0.2, -0.15) is 5.26 Å². The van der Waals surface area contributed by atoms with Crippen LogP contribution in [-0.2, 0) is 0 Å². The van der Waals surface area contributed by atoms with E-state index in [1.807, 2.05) is 0 Å². The number of nitrogen functional groups attached to an aromatic ring is 1. The minimum absolute atomic E-state index is 0.0192. The van der Waals surface area contributed by atoms with Crippen molar-refractivity contribution < 1.29 is 10.2 Å². The van der Waals surface area contributed by atoms with E-state index in [4.69, 9.17) is 11.0 Å². The van der Waals surface area contributed by atoms with E-state index in [2.05, 4.69) is 9.97 Å². The first kappa shape index (κ1) is 10.4. The number of nitriles is 1. The van der Waals surface area contributed by atoms with Crippen LogP contribution in [0.15, 0.2) is 12.3 Å². The van der Waals surface area contributed by atoms with E-state index in [9.17, 15) is 10.2 Å². The SMILES string of the molecule is N#CCC(O)C(O)c1ccnc(N)n1. The molecule has 74 valence electrons. The number of aromatic nitrogens is 2. The summed E-state index contributed by atoms with van der Waals surface area (Å²) in [5.74, 6) is 0.0192. The first-order chi connectivity index (χ1) is 6.65. The van der Waals surface area contributed by atoms with Crippen molar-refractivity contribution in [3.8, 4) is 6.07 Å². The lowest BCUT2D eigenvalue weighted by molar-refractivity contribution is 0.0190. The lowest BCUT2D eigenvalue weighted by atomic mass is 10.1. The minimum atomic E-state index is -1.21. The third-order valence-electron chi connectivity index (χ3n) is 1.66. The molecule has 1 rings (SSSR count). The molecule has 4 N–H and O–H groups in total. The fraction of sp³-hybridized carbons (Fsp3) is 0.375. The van der Waals surface area contributed by atoms with Gasteiger partial charge in [-0.05, 0) is 6.07 Å². The maximum absolute atomic E-state index is 9.50. The van der Waals surface area contributed by atoms with Gasteiger partial charge < -0.3 is 15.9 Å². The van der Waals surface area contributed by atoms with E-state index in [0.29, 0.717) is 0 Å². The fourth-order valence-electron chi connectivity index (χ4n) is 0.955. The van der Waals surface area contributed by atoms with Gasteiger partial charge in [0.25, 0.3) is 0 Å². The molecule has 1 heterocycles. The Kier molecular flexibility index (Phi) is 3.34. The van der Waals surface area contributed by atoms with Gasteiger partial charge in [0.05, 0.1) is 24.3 Å². The Hall–Kier alpha value is -1.71. The van der Waals surface area contributed by atoms with Gasteiger partial charge in [0.2, 0.25) is 5.95 Å². The quantitative estimate of drug-likeness (QED) is 0.589. The summed E-state index contributed by atoms with van der Waals surface area (Å²) >= 11 is 0. The molecular formula is C8H10N4O2. The van der Waals surface area contributed by atoms with Crippen molar-refractivity contribution in [1.29, 1.82) is 5.26 Å². The molecule has 0 saturated heterocycles. The zero-order valence-corrected chi connectivity index (χ0v) is 7.33. The highest BCUT2D eigenvalue weighted by Crippen LogP contribution is 2.16. The van der Waals surface area contributed by atoms with Crippen molar-refractivity contribution in [2.75, 3.05) is 5.73 Å². The highest BCUT2D eigenvalue weighted by atomic mass is 16.3. The lowest BCUT2D eigenvalue weighted by Gasteiger charge is -2.14. The average molecular weight is 194 g/mol. The van der Waals surface area contributed by atoms with Crippen molar-refractivity contribution in [2.24, 2.45) is 0 Å². The summed E-state index contributed by atoms with van der Waals surface area (Å²) in [7, 11) is 0. The van der Waals surface area contributed by atoms with Crippen LogP contribution in [0.1, 0.15) is 18.2 Å². The number of rotatable bonds is 3. The summed E-state index contributed by atoms with van der Waals surface area (Å²) in [6, 6.07) is 3.18. The van der Waals surface area contributed by atoms with Crippen molar-refractivity contribution >= 4 is 5.95 Å². The predicted octanol–water partition coefficient (Wildman–Crippen LogP) is -0.633. The van der Waals surface area contributed by atoms with Crippen LogP contribution < -0.4 is 5.73 Å². The van der Waals surface area contributed by atoms with Crippen molar-refractivity contribution in [1.82, 2.24) is 9.97 Å². The molecule has 0 aliphatic heterocycles. The summed E-state index contributed by atoms with van der Waals surface area (Å²) in [4.78, 5) is 7.36. The van der Waals surface area contributed by atoms with E-state index >= 15 is 0 Å². The Labute approximate surface area is 80.7 Å². The number of hydrogen-bond acceptors (Lipinski definition) is 6. The molecule has 2 unspecified atom stereocenters. The Morgan fingerprint density at radius 2 is 2.29 bits per heavy atom. The second kappa shape index (κ2) is 4.50. The molecule has 0 fully saturated rings. The molecule has 0 spiro atoms. The summed E-state index contributed by atoms with van der Waals surface area (Å²) < 4.78 is 0. The highest BCUT2D eigenvalue weighted by molar-refractivity contribution is 5.19. The van der Waals surface area contributed by atoms with Crippen LogP contribution >= 0.6 is 0 Å². The topological polar surface area (TPSA) is 116 Å². The standard InChI is InChI=1S/C8H10N4O2/c9-3-1-6(13)7(14)5-2-4-11-8(10)12-5/h2,4,6-7,13-14H,1H2,(H2,10,11,12). The molecule has 0 radical (unpaired) electrons. The van der Waals surface area contributed by atoms with Gasteiger partial charge in [0, 0.05) is 6.20 Å². The van der Waals surface area contributed by atoms with Gasteiger partial charge in [0.1, 0.15) is 6.10 Å². The molecule has 0 aliphatic rings. The summed E-state index contributed by atoms with van der Waals surface area (Å²) in [6.45, 7) is 0. The molecule has 6 nitrogen and oxygen atoms in total. The number of anilines is 1. The molecule has 0 amide bonds. The van der Waals surface area contributed by atoms with E-state index in [-0.39, 0.29) is 18.1 Å². The summed E-state index contributed by atoms with van der Waals surface area (Å²) in [5.41, 5.74) is 5.50. The molecule has 0 bridgehead atoms. The summed E-state index contributed by atoms with van der Waals surface area (Å²) in [5, 5.41) is 27.1. The molecule has 1 aromatic heterocycles. The smallest absolute Gasteiger partial charge is 0.220 e. The van der Waals surface area contributed by atoms with Gasteiger partial charge in [-0.25, -0.2) is 9.97 Å². The Morgan fingerprint density at radius 3 is 2.86 bits per heavy atom. The monoisotopic (exact) mass is 194 g/mol. The average Bonchev–Trinajstić information content (AvgIpc) is 2.17. The van der Waals surface area contributed by atoms with Crippen LogP contribution in [0.3, 0.4) is 0 Å². The Balaban J connectivity index is 2.79. The first-order valence-corrected chi connectivity index (χ1v) is 3.96. The molecule has 14 heavy (non-hydrogen) atoms. The molecule has 6 heteroatoms. The maximum atomic E-state index is 9.50. The van der Waals surface area contributed by atoms with E-state index in [1.54, 1.807) is 6.07 Å². The zero-order chi connectivity index (χ0) is 10.6. The largest absolute Gasteiger partial charge is 0.389 e. The van der Waals surface area contributed by atoms with Gasteiger partial charge >= 0.3 is 0 Å². The second-order valence-electron chi connectivity index (χ2n) is 2.71. The van der Waals surface area contributed by atoms with Crippen LogP contribution in [0.5, 0.6) is 0 Å². The normalized spacial score (nSPS) is 14.4. The zero-order valence-electron chi connectivity index (χ0n) is 7.33. The van der Waals surface area contributed by atoms with E-state index in [1.165, 1.54) is 12.3 Å². The van der Waals surface area contributed by atoms with Crippen molar-refractivity contribution in [3.05, 3.63) is 18.0 Å². The fourth-order valence-corrected chi connectivity index (χ4v) is 0.955. The molecule has 0 aliphatic carbocycles. The first-order valence-electron chi connectivity index (χ1n) is 3.96. The van der Waals surface area contributed by atoms with Gasteiger partial charge in [-0.1, -0.05) is 0 Å². The number of nitrogens with zero attached hydrogens (tertiary/aromatic N) is 3. The molecule has 1 aromatic rings. The Morgan fingerprint density at radius 1 is 1.57 bits per heavy atom. The third kappa shape index (κ3) is 2.39. The highest BCUT2D eigenvalue weighted by Gasteiger charge is 2.19. The molecule has 2 atom stereocenters. The minimum Gasteiger partial charge on any atom is -0.389 e. The number of hydrogen-bond donors (Lipinski definition) is 3. The van der Waals surface area contributed by atoms with Crippen LogP contribution in [0.25, 0.3) is 0 Å². The van der Waals surface area contributed by atoms with Gasteiger partial charge in [0.15, 0.2) is 0 Å². The van der Waals surface area contributed by atoms with Crippen LogP contribution in [0.2, 0.25) is 0 Å². The van der Waals surface area contributed by atoms with Crippen LogP contribution in [0.4, 0.5) is 5.95 Å². The summed E-state index contributed by atoms with van der Waals surface area (Å²) in [6.07, 6.45) is -1.15. The van der Waals surface area contributed by atoms with Gasteiger partial charge in [-0.15, -0.1) is 0 Å². The number of nitrogens with two attached hydrogens (primary N) is 1. The van der Waals surface area contributed by atoms with Crippen molar-refractivity contribution in [3.63, 3.8) is 0 Å². The number of aliphatic hydroxyl groups excluding tert-OH is 2. The van der Waals surface area contributed by atoms with Gasteiger partial charge in [-0.3, -0.25) is 0 Å². The lowest BCUT2D eigenvalue weighted by Crippen LogP contribution is -2.19. The van der Waals surface area contributed by atoms with E-state index in [0.717, 1.165) is 0 Å². The maximum Gasteiger partial charge on any atom is 0.220 e. The molecule has 0 aromatic carbocycles. The number of aliphatic hydroxyl groups is 2. The van der Waals surface area contributed by atoms with E-state index < -0.39 is 12.2 Å². The van der Waals surface area contributed by atoms with Crippen LogP contribution in [0, 0.1) is 11.3 Å². The molecule has 0 saturated carbocycles.